The summed E-state index contributed by atoms with van der Waals surface area (Å²) < 4.78 is 40.3. The second-order valence-electron chi connectivity index (χ2n) is 4.48. The van der Waals surface area contributed by atoms with Crippen LogP contribution in [0.25, 0.3) is 0 Å². The minimum atomic E-state index is -4.39. The van der Waals surface area contributed by atoms with Crippen LogP contribution in [-0.2, 0) is 6.18 Å². The highest BCUT2D eigenvalue weighted by Crippen LogP contribution is 2.37. The zero-order valence-corrected chi connectivity index (χ0v) is 13.9. The van der Waals surface area contributed by atoms with E-state index in [1.165, 1.54) is 12.1 Å². The fourth-order valence-corrected chi connectivity index (χ4v) is 2.73. The van der Waals surface area contributed by atoms with Gasteiger partial charge in [0.05, 0.1) is 16.6 Å². The Hall–Kier alpha value is -0.790. The van der Waals surface area contributed by atoms with Gasteiger partial charge in [-0.15, -0.1) is 0 Å². The first-order valence-corrected chi connectivity index (χ1v) is 7.58. The van der Waals surface area contributed by atoms with Crippen molar-refractivity contribution >= 4 is 34.2 Å². The highest BCUT2D eigenvalue weighted by atomic mass is 127. The van der Waals surface area contributed by atoms with Crippen molar-refractivity contribution in [3.8, 4) is 0 Å². The van der Waals surface area contributed by atoms with Crippen molar-refractivity contribution < 1.29 is 13.2 Å². The monoisotopic (exact) mass is 425 g/mol. The largest absolute Gasteiger partial charge is 0.416 e. The maximum absolute atomic E-state index is 13.1. The minimum Gasteiger partial charge on any atom is -0.309 e. The van der Waals surface area contributed by atoms with Crippen LogP contribution in [0, 0.1) is 3.57 Å². The molecule has 1 N–H and O–H groups in total. The summed E-state index contributed by atoms with van der Waals surface area (Å²) in [4.78, 5) is 0. The topological polar surface area (TPSA) is 12.0 Å². The number of alkyl halides is 3. The van der Waals surface area contributed by atoms with Crippen molar-refractivity contribution in [1.29, 1.82) is 0 Å². The molecule has 21 heavy (non-hydrogen) atoms. The third-order valence-electron chi connectivity index (χ3n) is 3.14. The Kier molecular flexibility index (Phi) is 5.16. The summed E-state index contributed by atoms with van der Waals surface area (Å²) in [6.45, 7) is 0. The van der Waals surface area contributed by atoms with E-state index in [1.54, 1.807) is 31.3 Å². The summed E-state index contributed by atoms with van der Waals surface area (Å²) in [6, 6.07) is 10.3. The van der Waals surface area contributed by atoms with Crippen LogP contribution in [0.2, 0.25) is 5.02 Å². The number of rotatable bonds is 3. The molecule has 0 radical (unpaired) electrons. The second kappa shape index (κ2) is 6.54. The van der Waals surface area contributed by atoms with Crippen LogP contribution >= 0.6 is 34.2 Å². The fraction of sp³-hybridized carbons (Fsp3) is 0.200. The molecular formula is C15H12ClF3IN. The summed E-state index contributed by atoms with van der Waals surface area (Å²) in [5, 5.41) is 3.46. The van der Waals surface area contributed by atoms with Crippen LogP contribution in [0.1, 0.15) is 22.7 Å². The van der Waals surface area contributed by atoms with Gasteiger partial charge in [-0.3, -0.25) is 0 Å². The average molecular weight is 426 g/mol. The molecule has 0 bridgehead atoms. The predicted molar refractivity (Wildman–Crippen MR) is 86.5 cm³/mol. The lowest BCUT2D eigenvalue weighted by Crippen LogP contribution is -2.22. The number of benzene rings is 2. The van der Waals surface area contributed by atoms with Crippen molar-refractivity contribution in [3.05, 3.63) is 67.7 Å². The van der Waals surface area contributed by atoms with Crippen molar-refractivity contribution in [2.45, 2.75) is 12.2 Å². The molecule has 1 nitrogen and oxygen atoms in total. The van der Waals surface area contributed by atoms with Gasteiger partial charge in [0.15, 0.2) is 0 Å². The third-order valence-corrected chi connectivity index (χ3v) is 4.72. The van der Waals surface area contributed by atoms with E-state index in [1.807, 2.05) is 0 Å². The summed E-state index contributed by atoms with van der Waals surface area (Å²) in [5.41, 5.74) is 0.239. The zero-order chi connectivity index (χ0) is 15.6. The maximum atomic E-state index is 13.1. The molecule has 0 aromatic heterocycles. The van der Waals surface area contributed by atoms with E-state index in [-0.39, 0.29) is 5.56 Å². The molecule has 0 saturated carbocycles. The lowest BCUT2D eigenvalue weighted by Gasteiger charge is -2.22. The maximum Gasteiger partial charge on any atom is 0.416 e. The van der Waals surface area contributed by atoms with E-state index in [4.69, 9.17) is 11.6 Å². The molecule has 0 aliphatic rings. The van der Waals surface area contributed by atoms with Gasteiger partial charge in [0.25, 0.3) is 0 Å². The van der Waals surface area contributed by atoms with E-state index in [9.17, 15) is 13.2 Å². The van der Waals surface area contributed by atoms with Crippen LogP contribution in [0.4, 0.5) is 13.2 Å². The number of nitrogens with one attached hydrogen (secondary N) is 1. The molecule has 0 fully saturated rings. The highest BCUT2D eigenvalue weighted by molar-refractivity contribution is 14.1. The van der Waals surface area contributed by atoms with E-state index in [0.29, 0.717) is 10.6 Å². The third kappa shape index (κ3) is 3.70. The highest BCUT2D eigenvalue weighted by Gasteiger charge is 2.35. The molecule has 2 aromatic rings. The Morgan fingerprint density at radius 3 is 2.38 bits per heavy atom. The molecule has 112 valence electrons. The van der Waals surface area contributed by atoms with E-state index in [2.05, 4.69) is 27.9 Å². The lowest BCUT2D eigenvalue weighted by atomic mass is 9.94. The molecule has 0 amide bonds. The Morgan fingerprint density at radius 2 is 1.81 bits per heavy atom. The standard InChI is InChI=1S/C15H12ClF3IN/c1-21-14(9-6-7-13(20)12(16)8-9)10-4-2-3-5-11(10)15(17,18)19/h2-8,14,21H,1H3. The Balaban J connectivity index is 2.54. The summed E-state index contributed by atoms with van der Waals surface area (Å²) >= 11 is 8.15. The molecule has 0 heterocycles. The van der Waals surface area contributed by atoms with Crippen LogP contribution in [0.3, 0.4) is 0 Å². The van der Waals surface area contributed by atoms with Gasteiger partial charge in [0.1, 0.15) is 0 Å². The van der Waals surface area contributed by atoms with Gasteiger partial charge in [0.2, 0.25) is 0 Å². The quantitative estimate of drug-likeness (QED) is 0.661. The van der Waals surface area contributed by atoms with Gasteiger partial charge in [-0.05, 0) is 59.0 Å². The van der Waals surface area contributed by atoms with Crippen LogP contribution < -0.4 is 5.32 Å². The van der Waals surface area contributed by atoms with Crippen molar-refractivity contribution in [2.24, 2.45) is 0 Å². The summed E-state index contributed by atoms with van der Waals surface area (Å²) in [5.74, 6) is 0. The Morgan fingerprint density at radius 1 is 1.14 bits per heavy atom. The zero-order valence-electron chi connectivity index (χ0n) is 11.0. The van der Waals surface area contributed by atoms with Gasteiger partial charge in [0, 0.05) is 3.57 Å². The molecule has 0 aliphatic heterocycles. The van der Waals surface area contributed by atoms with Gasteiger partial charge >= 0.3 is 6.18 Å². The first kappa shape index (κ1) is 16.6. The van der Waals surface area contributed by atoms with Gasteiger partial charge < -0.3 is 5.32 Å². The molecule has 2 aromatic carbocycles. The Bertz CT molecular complexity index is 643. The van der Waals surface area contributed by atoms with Crippen LogP contribution in [0.5, 0.6) is 0 Å². The number of hydrogen-bond donors (Lipinski definition) is 1. The predicted octanol–water partition coefficient (Wildman–Crippen LogP) is 5.27. The second-order valence-corrected chi connectivity index (χ2v) is 6.05. The molecule has 1 atom stereocenters. The van der Waals surface area contributed by atoms with E-state index >= 15 is 0 Å². The van der Waals surface area contributed by atoms with Crippen molar-refractivity contribution in [1.82, 2.24) is 5.32 Å². The number of halogens is 5. The normalized spacial score (nSPS) is 13.2. The first-order chi connectivity index (χ1) is 9.84. The van der Waals surface area contributed by atoms with Crippen molar-refractivity contribution in [2.75, 3.05) is 7.05 Å². The average Bonchev–Trinajstić information content (AvgIpc) is 2.43. The summed E-state index contributed by atoms with van der Waals surface area (Å²) in [7, 11) is 1.63. The minimum absolute atomic E-state index is 0.185. The smallest absolute Gasteiger partial charge is 0.309 e. The molecular weight excluding hydrogens is 414 g/mol. The van der Waals surface area contributed by atoms with Gasteiger partial charge in [-0.25, -0.2) is 0 Å². The molecule has 0 spiro atoms. The molecule has 2 rings (SSSR count). The first-order valence-electron chi connectivity index (χ1n) is 6.13. The molecule has 0 saturated heterocycles. The Labute approximate surface area is 139 Å². The summed E-state index contributed by atoms with van der Waals surface area (Å²) in [6.07, 6.45) is -4.39. The molecule has 1 unspecified atom stereocenters. The molecule has 0 aliphatic carbocycles. The van der Waals surface area contributed by atoms with Crippen molar-refractivity contribution in [3.63, 3.8) is 0 Å². The van der Waals surface area contributed by atoms with Gasteiger partial charge in [-0.2, -0.15) is 13.2 Å². The number of hydrogen-bond acceptors (Lipinski definition) is 1. The van der Waals surface area contributed by atoms with Crippen LogP contribution in [0.15, 0.2) is 42.5 Å². The molecule has 6 heteroatoms. The van der Waals surface area contributed by atoms with Crippen LogP contribution in [-0.4, -0.2) is 7.05 Å². The van der Waals surface area contributed by atoms with E-state index in [0.717, 1.165) is 9.64 Å². The van der Waals surface area contributed by atoms with Gasteiger partial charge in [-0.1, -0.05) is 35.9 Å². The lowest BCUT2D eigenvalue weighted by molar-refractivity contribution is -0.138. The van der Waals surface area contributed by atoms with E-state index < -0.39 is 17.8 Å². The fourth-order valence-electron chi connectivity index (χ4n) is 2.20. The SMILES string of the molecule is CNC(c1ccc(I)c(Cl)c1)c1ccccc1C(F)(F)F.